The second-order valence-corrected chi connectivity index (χ2v) is 12.2. The molecule has 0 radical (unpaired) electrons. The van der Waals surface area contributed by atoms with E-state index in [-0.39, 0.29) is 0 Å². The molecule has 50 valence electrons. The molecule has 0 saturated carbocycles. The van der Waals surface area contributed by atoms with Crippen LogP contribution in [-0.2, 0) is 27.7 Å². The predicted octanol–water partition coefficient (Wildman–Crippen LogP) is 1.13. The van der Waals surface area contributed by atoms with Crippen LogP contribution in [-0.4, -0.2) is 21.3 Å². The molecular formula is C3H9BrO3Zr. The Balaban J connectivity index is 3.58. The standard InChI is InChI=1S/3CH3O.BrH.Zr/c3*1-2;;/h3*1H3;1H;/q3*-1;;+4/p-1. The zero-order valence-electron chi connectivity index (χ0n) is 5.10. The summed E-state index contributed by atoms with van der Waals surface area (Å²) in [5, 5.41) is 0. The van der Waals surface area contributed by atoms with Gasteiger partial charge in [0.25, 0.3) is 0 Å². The van der Waals surface area contributed by atoms with E-state index in [2.05, 4.69) is 12.2 Å². The third kappa shape index (κ3) is 2.69. The Kier molecular flexibility index (Phi) is 4.76. The zero-order valence-corrected chi connectivity index (χ0v) is 9.15. The summed E-state index contributed by atoms with van der Waals surface area (Å²) in [6, 6.07) is 0. The first-order valence-electron chi connectivity index (χ1n) is 2.03. The Bertz CT molecular complexity index is 57.3. The Morgan fingerprint density at radius 1 is 1.00 bits per heavy atom. The van der Waals surface area contributed by atoms with E-state index in [1.165, 1.54) is 0 Å². The van der Waals surface area contributed by atoms with Crippen molar-refractivity contribution in [1.82, 2.24) is 0 Å². The Morgan fingerprint density at radius 3 is 1.25 bits per heavy atom. The molecule has 0 unspecified atom stereocenters. The van der Waals surface area contributed by atoms with Gasteiger partial charge in [-0.1, -0.05) is 0 Å². The molecule has 0 aromatic rings. The van der Waals surface area contributed by atoms with Crippen LogP contribution >= 0.6 is 12.2 Å². The quantitative estimate of drug-likeness (QED) is 0.765. The van der Waals surface area contributed by atoms with Gasteiger partial charge in [-0.2, -0.15) is 0 Å². The molecule has 8 heavy (non-hydrogen) atoms. The maximum absolute atomic E-state index is 4.92. The summed E-state index contributed by atoms with van der Waals surface area (Å²) in [7, 11) is 4.70. The Morgan fingerprint density at radius 2 is 1.25 bits per heavy atom. The molecule has 0 fully saturated rings. The van der Waals surface area contributed by atoms with Crippen molar-refractivity contribution in [2.45, 2.75) is 0 Å². The molecule has 0 atom stereocenters. The molecule has 0 rings (SSSR count). The van der Waals surface area contributed by atoms with Gasteiger partial charge in [-0.15, -0.1) is 0 Å². The minimum atomic E-state index is -3.02. The van der Waals surface area contributed by atoms with Crippen molar-refractivity contribution in [3.63, 3.8) is 0 Å². The summed E-state index contributed by atoms with van der Waals surface area (Å²) in [6.45, 7) is 0. The van der Waals surface area contributed by atoms with Crippen LogP contribution in [0.4, 0.5) is 0 Å². The van der Waals surface area contributed by atoms with Crippen LogP contribution in [0.25, 0.3) is 0 Å². The van der Waals surface area contributed by atoms with Crippen molar-refractivity contribution in [3.05, 3.63) is 0 Å². The van der Waals surface area contributed by atoms with E-state index in [9.17, 15) is 0 Å². The molecule has 0 bridgehead atoms. The number of rotatable bonds is 3. The Hall–Kier alpha value is 1.24. The van der Waals surface area contributed by atoms with E-state index >= 15 is 0 Å². The van der Waals surface area contributed by atoms with Gasteiger partial charge in [-0.25, -0.2) is 0 Å². The molecule has 0 amide bonds. The maximum atomic E-state index is 4.92. The van der Waals surface area contributed by atoms with E-state index in [1.807, 2.05) is 0 Å². The summed E-state index contributed by atoms with van der Waals surface area (Å²) in [5.74, 6) is 0. The second kappa shape index (κ2) is 4.12. The summed E-state index contributed by atoms with van der Waals surface area (Å²) >= 11 is 0.203. The number of hydrogen-bond acceptors (Lipinski definition) is 3. The van der Waals surface area contributed by atoms with Crippen LogP contribution in [0.15, 0.2) is 0 Å². The van der Waals surface area contributed by atoms with Gasteiger partial charge < -0.3 is 0 Å². The van der Waals surface area contributed by atoms with Crippen molar-refractivity contribution in [2.24, 2.45) is 0 Å². The molecule has 0 aliphatic heterocycles. The average Bonchev–Trinajstić information content (AvgIpc) is 1.87. The fourth-order valence-electron chi connectivity index (χ4n) is 0.250. The Labute approximate surface area is 61.0 Å². The van der Waals surface area contributed by atoms with Gasteiger partial charge in [0.1, 0.15) is 0 Å². The van der Waals surface area contributed by atoms with E-state index < -0.39 is 19.2 Å². The first kappa shape index (κ1) is 9.24. The van der Waals surface area contributed by atoms with Crippen LogP contribution in [0.3, 0.4) is 0 Å². The van der Waals surface area contributed by atoms with Crippen molar-refractivity contribution in [1.29, 1.82) is 0 Å². The first-order valence-corrected chi connectivity index (χ1v) is 10.7. The van der Waals surface area contributed by atoms with Crippen molar-refractivity contribution in [2.75, 3.05) is 21.3 Å². The molecule has 0 saturated heterocycles. The van der Waals surface area contributed by atoms with Crippen molar-refractivity contribution < 1.29 is 27.7 Å². The molecule has 0 spiro atoms. The van der Waals surface area contributed by atoms with Crippen LogP contribution < -0.4 is 0 Å². The topological polar surface area (TPSA) is 27.7 Å². The SMILES string of the molecule is C[O][Zr]([Br])([O]C)[O]C. The molecule has 0 aromatic heterocycles. The normalized spacial score (nSPS) is 12.0. The van der Waals surface area contributed by atoms with E-state index in [0.717, 1.165) is 0 Å². The molecule has 0 N–H and O–H groups in total. The van der Waals surface area contributed by atoms with E-state index in [0.29, 0.717) is 0 Å². The molecule has 0 aliphatic carbocycles. The molecule has 0 heterocycles. The third-order valence-electron chi connectivity index (χ3n) is 0.731. The fraction of sp³-hybridized carbons (Fsp3) is 1.00. The second-order valence-electron chi connectivity index (χ2n) is 1.09. The average molecular weight is 264 g/mol. The first-order chi connectivity index (χ1) is 3.68. The molecule has 5 heteroatoms. The van der Waals surface area contributed by atoms with Crippen LogP contribution in [0.2, 0.25) is 0 Å². The van der Waals surface area contributed by atoms with Crippen LogP contribution in [0, 0.1) is 0 Å². The van der Waals surface area contributed by atoms with Crippen LogP contribution in [0.5, 0.6) is 0 Å². The van der Waals surface area contributed by atoms with Gasteiger partial charge in [0.2, 0.25) is 0 Å². The van der Waals surface area contributed by atoms with Crippen LogP contribution in [0.1, 0.15) is 0 Å². The summed E-state index contributed by atoms with van der Waals surface area (Å²) in [6.07, 6.45) is 0. The summed E-state index contributed by atoms with van der Waals surface area (Å²) in [4.78, 5) is 0. The summed E-state index contributed by atoms with van der Waals surface area (Å²) in [5.41, 5.74) is 0. The van der Waals surface area contributed by atoms with Crippen molar-refractivity contribution >= 4 is 12.2 Å². The van der Waals surface area contributed by atoms with E-state index in [1.54, 1.807) is 21.3 Å². The van der Waals surface area contributed by atoms with Gasteiger partial charge in [0.05, 0.1) is 0 Å². The monoisotopic (exact) mass is 262 g/mol. The predicted molar refractivity (Wildman–Crippen MR) is 30.0 cm³/mol. The number of halogens is 1. The fourth-order valence-corrected chi connectivity index (χ4v) is 1.48. The summed E-state index contributed by atoms with van der Waals surface area (Å²) < 4.78 is 14.8. The molecule has 0 aliphatic rings. The van der Waals surface area contributed by atoms with Gasteiger partial charge >= 0.3 is 61.2 Å². The van der Waals surface area contributed by atoms with E-state index in [4.69, 9.17) is 8.44 Å². The van der Waals surface area contributed by atoms with Gasteiger partial charge in [0.15, 0.2) is 0 Å². The molecular weight excluding hydrogens is 255 g/mol. The minimum absolute atomic E-state index is 1.57. The third-order valence-corrected chi connectivity index (χ3v) is 10.1. The van der Waals surface area contributed by atoms with Gasteiger partial charge in [0, 0.05) is 0 Å². The molecule has 0 aromatic carbocycles. The number of hydrogen-bond donors (Lipinski definition) is 0. The van der Waals surface area contributed by atoms with Crippen molar-refractivity contribution in [3.8, 4) is 0 Å². The zero-order chi connectivity index (χ0) is 6.62. The van der Waals surface area contributed by atoms with Gasteiger partial charge in [-0.3, -0.25) is 0 Å². The van der Waals surface area contributed by atoms with Gasteiger partial charge in [-0.05, 0) is 0 Å². The molecule has 3 nitrogen and oxygen atoms in total.